The Kier molecular flexibility index (Phi) is 7.27. The van der Waals surface area contributed by atoms with Gasteiger partial charge in [-0.25, -0.2) is 19.3 Å². The Labute approximate surface area is 218 Å². The molecular weight excluding hydrogens is 489 g/mol. The van der Waals surface area contributed by atoms with Crippen molar-refractivity contribution in [3.05, 3.63) is 72.2 Å². The quantitative estimate of drug-likeness (QED) is 0.384. The van der Waals surface area contributed by atoms with Crippen LogP contribution in [0.5, 0.6) is 0 Å². The van der Waals surface area contributed by atoms with Crippen molar-refractivity contribution in [2.24, 2.45) is 0 Å². The lowest BCUT2D eigenvalue weighted by molar-refractivity contribution is -0.133. The van der Waals surface area contributed by atoms with Gasteiger partial charge in [-0.15, -0.1) is 0 Å². The van der Waals surface area contributed by atoms with E-state index in [1.165, 1.54) is 18.3 Å². The predicted molar refractivity (Wildman–Crippen MR) is 140 cm³/mol. The first kappa shape index (κ1) is 25.3. The molecule has 3 N–H and O–H groups in total. The monoisotopic (exact) mass is 517 g/mol. The summed E-state index contributed by atoms with van der Waals surface area (Å²) in [5.41, 5.74) is 7.61. The van der Waals surface area contributed by atoms with E-state index >= 15 is 4.39 Å². The molecule has 1 aromatic carbocycles. The Balaban J connectivity index is 1.46. The second kappa shape index (κ2) is 10.9. The molecule has 4 heterocycles. The molecule has 10 nitrogen and oxygen atoms in total. The number of likely N-dealkylation sites (tertiary alicyclic amines) is 1. The topological polar surface area (TPSA) is 128 Å². The van der Waals surface area contributed by atoms with E-state index in [0.29, 0.717) is 48.7 Å². The molecule has 1 unspecified atom stereocenters. The number of nitrogens with one attached hydrogen (secondary N) is 1. The number of nitrogen functional groups attached to an aromatic ring is 1. The molecule has 38 heavy (non-hydrogen) atoms. The van der Waals surface area contributed by atoms with Gasteiger partial charge in [-0.05, 0) is 37.1 Å². The number of halogens is 1. The van der Waals surface area contributed by atoms with Gasteiger partial charge in [0.05, 0.1) is 18.6 Å². The fraction of sp³-hybridized carbons (Fsp3) is 0.296. The summed E-state index contributed by atoms with van der Waals surface area (Å²) < 4.78 is 22.1. The number of imidazole rings is 1. The molecule has 2 amide bonds. The first-order chi connectivity index (χ1) is 18.5. The van der Waals surface area contributed by atoms with E-state index in [4.69, 9.17) is 15.5 Å². The number of ether oxygens (including phenoxy) is 1. The molecule has 0 saturated carbocycles. The molecule has 5 rings (SSSR count). The van der Waals surface area contributed by atoms with E-state index in [-0.39, 0.29) is 23.2 Å². The fourth-order valence-corrected chi connectivity index (χ4v) is 4.81. The highest BCUT2D eigenvalue weighted by Gasteiger charge is 2.29. The van der Waals surface area contributed by atoms with Crippen molar-refractivity contribution < 1.29 is 18.7 Å². The average Bonchev–Trinajstić information content (AvgIpc) is 3.33. The number of carbonyl (C=O) groups excluding carboxylic acids is 2. The maximum Gasteiger partial charge on any atom is 0.259 e. The average molecular weight is 518 g/mol. The number of pyridine rings is 1. The normalized spacial score (nSPS) is 15.5. The van der Waals surface area contributed by atoms with Crippen molar-refractivity contribution in [1.82, 2.24) is 24.3 Å². The number of nitrogens with zero attached hydrogens (tertiary/aromatic N) is 5. The highest BCUT2D eigenvalue weighted by Crippen LogP contribution is 2.34. The number of benzene rings is 1. The molecule has 1 aliphatic rings. The highest BCUT2D eigenvalue weighted by molar-refractivity contribution is 6.04. The fourth-order valence-electron chi connectivity index (χ4n) is 4.81. The van der Waals surface area contributed by atoms with Crippen LogP contribution in [0.3, 0.4) is 0 Å². The van der Waals surface area contributed by atoms with Gasteiger partial charge in [-0.3, -0.25) is 14.0 Å². The lowest BCUT2D eigenvalue weighted by Crippen LogP contribution is -2.39. The minimum atomic E-state index is -0.700. The van der Waals surface area contributed by atoms with E-state index in [1.807, 2.05) is 9.30 Å². The summed E-state index contributed by atoms with van der Waals surface area (Å²) in [6.45, 7) is 1.58. The van der Waals surface area contributed by atoms with Gasteiger partial charge in [0.25, 0.3) is 5.91 Å². The molecule has 0 radical (unpaired) electrons. The van der Waals surface area contributed by atoms with Gasteiger partial charge in [0, 0.05) is 50.3 Å². The van der Waals surface area contributed by atoms with Gasteiger partial charge in [-0.2, -0.15) is 0 Å². The predicted octanol–water partition coefficient (Wildman–Crippen LogP) is 3.51. The highest BCUT2D eigenvalue weighted by atomic mass is 19.1. The summed E-state index contributed by atoms with van der Waals surface area (Å²) in [5.74, 6) is 0.00502. The van der Waals surface area contributed by atoms with Crippen molar-refractivity contribution in [3.8, 4) is 11.3 Å². The Morgan fingerprint density at radius 1 is 1.21 bits per heavy atom. The smallest absolute Gasteiger partial charge is 0.259 e. The largest absolute Gasteiger partial charge is 0.384 e. The van der Waals surface area contributed by atoms with Gasteiger partial charge < -0.3 is 20.7 Å². The molecule has 11 heteroatoms. The molecule has 0 aliphatic carbocycles. The number of piperidine rings is 1. The Morgan fingerprint density at radius 3 is 2.84 bits per heavy atom. The number of hydrogen-bond acceptors (Lipinski definition) is 7. The van der Waals surface area contributed by atoms with E-state index in [0.717, 1.165) is 18.7 Å². The van der Waals surface area contributed by atoms with Crippen LogP contribution in [-0.2, 0) is 9.53 Å². The van der Waals surface area contributed by atoms with Gasteiger partial charge in [0.2, 0.25) is 5.91 Å². The number of methoxy groups -OCH3 is 1. The number of nitrogens with two attached hydrogens (primary N) is 1. The number of aromatic nitrogens is 4. The van der Waals surface area contributed by atoms with Crippen LogP contribution >= 0.6 is 0 Å². The number of anilines is 2. The van der Waals surface area contributed by atoms with Crippen LogP contribution in [0.2, 0.25) is 0 Å². The van der Waals surface area contributed by atoms with Crippen LogP contribution in [0, 0.1) is 5.82 Å². The van der Waals surface area contributed by atoms with Crippen LogP contribution in [0.15, 0.2) is 55.0 Å². The summed E-state index contributed by atoms with van der Waals surface area (Å²) in [6, 6.07) is 9.39. The number of fused-ring (bicyclic) bond motifs is 1. The lowest BCUT2D eigenvalue weighted by Gasteiger charge is -2.32. The third-order valence-corrected chi connectivity index (χ3v) is 6.66. The Hall–Kier alpha value is -4.38. The standard InChI is InChI=1S/C27H28FN7O3/c1-38-14-9-22(36)34-12-4-5-18(16-34)26-33-23(24-25(29)31-11-13-35(24)26)17-7-8-19(20(28)15-17)27(37)32-21-6-2-3-10-30-21/h2-3,6-8,10-11,13,15,18H,4-5,9,12,14,16H2,1H3,(H2,29,31)(H,30,32,37). The molecule has 1 atom stereocenters. The SMILES string of the molecule is COCCC(=O)N1CCCC(c2nc(-c3ccc(C(=O)Nc4ccccn4)c(F)c3)c3c(N)nccn23)C1. The molecule has 3 aromatic heterocycles. The van der Waals surface area contributed by atoms with Crippen LogP contribution < -0.4 is 11.1 Å². The zero-order valence-corrected chi connectivity index (χ0v) is 20.9. The number of amides is 2. The van der Waals surface area contributed by atoms with E-state index in [2.05, 4.69) is 15.3 Å². The Morgan fingerprint density at radius 2 is 2.08 bits per heavy atom. The molecule has 1 saturated heterocycles. The van der Waals surface area contributed by atoms with Crippen molar-refractivity contribution >= 4 is 29.0 Å². The zero-order valence-electron chi connectivity index (χ0n) is 20.9. The van der Waals surface area contributed by atoms with Crippen LogP contribution in [-0.4, -0.2) is 62.9 Å². The summed E-state index contributed by atoms with van der Waals surface area (Å²) in [4.78, 5) is 40.2. The lowest BCUT2D eigenvalue weighted by atomic mass is 9.97. The molecule has 0 spiro atoms. The number of rotatable bonds is 7. The van der Waals surface area contributed by atoms with E-state index < -0.39 is 11.7 Å². The molecule has 1 fully saturated rings. The van der Waals surface area contributed by atoms with Gasteiger partial charge in [0.1, 0.15) is 34.5 Å². The molecule has 1 aliphatic heterocycles. The zero-order chi connectivity index (χ0) is 26.6. The first-order valence-corrected chi connectivity index (χ1v) is 12.4. The van der Waals surface area contributed by atoms with Crippen molar-refractivity contribution in [1.29, 1.82) is 0 Å². The van der Waals surface area contributed by atoms with Gasteiger partial charge >= 0.3 is 0 Å². The third kappa shape index (κ3) is 5.05. The van der Waals surface area contributed by atoms with Crippen molar-refractivity contribution in [3.63, 3.8) is 0 Å². The van der Waals surface area contributed by atoms with E-state index in [1.54, 1.807) is 43.8 Å². The molecular formula is C27H28FN7O3. The summed E-state index contributed by atoms with van der Waals surface area (Å²) in [7, 11) is 1.57. The van der Waals surface area contributed by atoms with Crippen LogP contribution in [0.1, 0.15) is 41.4 Å². The summed E-state index contributed by atoms with van der Waals surface area (Å²) >= 11 is 0. The minimum absolute atomic E-state index is 0.0356. The first-order valence-electron chi connectivity index (χ1n) is 12.4. The summed E-state index contributed by atoms with van der Waals surface area (Å²) in [5, 5.41) is 2.59. The van der Waals surface area contributed by atoms with Crippen molar-refractivity contribution in [2.45, 2.75) is 25.2 Å². The molecule has 196 valence electrons. The molecule has 0 bridgehead atoms. The number of hydrogen-bond donors (Lipinski definition) is 2. The van der Waals surface area contributed by atoms with Crippen LogP contribution in [0.4, 0.5) is 16.0 Å². The minimum Gasteiger partial charge on any atom is -0.384 e. The Bertz CT molecular complexity index is 1470. The molecule has 4 aromatic rings. The maximum absolute atomic E-state index is 15.2. The third-order valence-electron chi connectivity index (χ3n) is 6.66. The van der Waals surface area contributed by atoms with E-state index in [9.17, 15) is 9.59 Å². The maximum atomic E-state index is 15.2. The van der Waals surface area contributed by atoms with Gasteiger partial charge in [0.15, 0.2) is 0 Å². The summed E-state index contributed by atoms with van der Waals surface area (Å²) in [6.07, 6.45) is 6.91. The van der Waals surface area contributed by atoms with Crippen LogP contribution in [0.25, 0.3) is 16.8 Å². The second-order valence-electron chi connectivity index (χ2n) is 9.14. The number of carbonyl (C=O) groups is 2. The van der Waals surface area contributed by atoms with Crippen molar-refractivity contribution in [2.75, 3.05) is 37.9 Å². The second-order valence-corrected chi connectivity index (χ2v) is 9.14. The van der Waals surface area contributed by atoms with Gasteiger partial charge in [-0.1, -0.05) is 12.1 Å².